The molecule has 0 amide bonds. The Kier molecular flexibility index (Phi) is 2.76. The Hall–Kier alpha value is -0.520. The van der Waals surface area contributed by atoms with Gasteiger partial charge in [0.2, 0.25) is 10.0 Å². The first kappa shape index (κ1) is 9.57. The van der Waals surface area contributed by atoms with Crippen LogP contribution in [0.1, 0.15) is 5.56 Å². The van der Waals surface area contributed by atoms with E-state index in [1.807, 2.05) is 4.13 Å². The molecule has 66 valence electrons. The fourth-order valence-electron chi connectivity index (χ4n) is 0.907. The fourth-order valence-corrected chi connectivity index (χ4v) is 2.05. The summed E-state index contributed by atoms with van der Waals surface area (Å²) in [5, 5.41) is 0. The van der Waals surface area contributed by atoms with Crippen LogP contribution in [0.3, 0.4) is 0 Å². The first-order valence-electron chi connectivity index (χ1n) is 3.29. The van der Waals surface area contributed by atoms with Gasteiger partial charge in [-0.2, -0.15) is 4.13 Å². The first-order valence-corrected chi connectivity index (χ1v) is 5.22. The van der Waals surface area contributed by atoms with Crippen molar-refractivity contribution in [2.75, 3.05) is 0 Å². The highest BCUT2D eigenvalue weighted by molar-refractivity contribution is 8.00. The predicted molar refractivity (Wildman–Crippen MR) is 50.5 cm³/mol. The molecule has 0 aliphatic heterocycles. The molecule has 1 aromatic carbocycles. The van der Waals surface area contributed by atoms with Crippen molar-refractivity contribution in [1.29, 1.82) is 0 Å². The van der Waals surface area contributed by atoms with E-state index in [-0.39, 0.29) is 4.90 Å². The Morgan fingerprint density at radius 2 is 1.92 bits per heavy atom. The van der Waals surface area contributed by atoms with Crippen LogP contribution in [0, 0.1) is 6.92 Å². The molecule has 5 heteroatoms. The number of sulfonamides is 1. The maximum atomic E-state index is 11.2. The average molecular weight is 203 g/mol. The van der Waals surface area contributed by atoms with Gasteiger partial charge in [-0.1, -0.05) is 31.0 Å². The second-order valence-corrected chi connectivity index (χ2v) is 4.54. The maximum absolute atomic E-state index is 11.2. The third-order valence-corrected chi connectivity index (χ3v) is 3.50. The monoisotopic (exact) mass is 203 g/mol. The molecule has 1 rings (SSSR count). The van der Waals surface area contributed by atoms with Crippen molar-refractivity contribution in [3.8, 4) is 0 Å². The van der Waals surface area contributed by atoms with Crippen LogP contribution in [-0.4, -0.2) is 8.42 Å². The van der Waals surface area contributed by atoms with Crippen LogP contribution in [0.2, 0.25) is 0 Å². The van der Waals surface area contributed by atoms with Gasteiger partial charge in [0.25, 0.3) is 0 Å². The van der Waals surface area contributed by atoms with Crippen LogP contribution in [0.25, 0.3) is 0 Å². The Morgan fingerprint density at radius 1 is 1.33 bits per heavy atom. The summed E-state index contributed by atoms with van der Waals surface area (Å²) in [6, 6.07) is 6.73. The summed E-state index contributed by atoms with van der Waals surface area (Å²) < 4.78 is 24.4. The Morgan fingerprint density at radius 3 is 2.42 bits per heavy atom. The highest BCUT2D eigenvalue weighted by atomic mass is 32.3. The van der Waals surface area contributed by atoms with Crippen molar-refractivity contribution < 1.29 is 8.42 Å². The van der Waals surface area contributed by atoms with Crippen LogP contribution in [0.4, 0.5) is 0 Å². The van der Waals surface area contributed by atoms with Crippen molar-refractivity contribution in [2.24, 2.45) is 0 Å². The topological polar surface area (TPSA) is 46.2 Å². The predicted octanol–water partition coefficient (Wildman–Crippen LogP) is 1.12. The number of rotatable bonds is 2. The molecule has 0 spiro atoms. The fraction of sp³-hybridized carbons (Fsp3) is 0.143. The van der Waals surface area contributed by atoms with E-state index < -0.39 is 10.0 Å². The number of aryl methyl sites for hydroxylation is 1. The van der Waals surface area contributed by atoms with Gasteiger partial charge in [0.05, 0.1) is 4.90 Å². The Labute approximate surface area is 77.4 Å². The molecule has 0 heterocycles. The van der Waals surface area contributed by atoms with E-state index in [2.05, 4.69) is 12.8 Å². The first-order chi connectivity index (χ1) is 5.58. The Bertz CT molecular complexity index is 373. The van der Waals surface area contributed by atoms with Gasteiger partial charge in [-0.15, -0.1) is 0 Å². The van der Waals surface area contributed by atoms with Crippen LogP contribution in [0.15, 0.2) is 29.2 Å². The number of nitrogens with one attached hydrogen (secondary N) is 1. The molecule has 0 unspecified atom stereocenters. The van der Waals surface area contributed by atoms with Gasteiger partial charge in [0, 0.05) is 0 Å². The molecule has 0 saturated heterocycles. The minimum atomic E-state index is -3.41. The van der Waals surface area contributed by atoms with Gasteiger partial charge in [-0.25, -0.2) is 8.42 Å². The zero-order valence-corrected chi connectivity index (χ0v) is 8.19. The quantitative estimate of drug-likeness (QED) is 0.707. The molecule has 0 saturated carbocycles. The molecule has 0 aromatic heterocycles. The van der Waals surface area contributed by atoms with E-state index >= 15 is 0 Å². The van der Waals surface area contributed by atoms with Gasteiger partial charge in [-0.05, 0) is 18.6 Å². The minimum Gasteiger partial charge on any atom is -0.206 e. The maximum Gasteiger partial charge on any atom is 0.249 e. The van der Waals surface area contributed by atoms with Gasteiger partial charge in [-0.3, -0.25) is 0 Å². The van der Waals surface area contributed by atoms with Crippen molar-refractivity contribution in [3.63, 3.8) is 0 Å². The molecule has 0 atom stereocenters. The summed E-state index contributed by atoms with van der Waals surface area (Å²) in [5.74, 6) is 0. The zero-order chi connectivity index (χ0) is 9.19. The van der Waals surface area contributed by atoms with E-state index in [0.29, 0.717) is 5.56 Å². The standard InChI is InChI=1S/C7H9NO2S2/c1-6-4-2-3-5-7(6)12(9,10)8-11/h2-5,8,11H,1H3. The lowest BCUT2D eigenvalue weighted by Gasteiger charge is -2.03. The highest BCUT2D eigenvalue weighted by Crippen LogP contribution is 2.13. The summed E-state index contributed by atoms with van der Waals surface area (Å²) in [5.41, 5.74) is 0.707. The molecule has 0 aliphatic rings. The molecule has 1 aromatic rings. The lowest BCUT2D eigenvalue weighted by Crippen LogP contribution is -2.14. The molecular weight excluding hydrogens is 194 g/mol. The highest BCUT2D eigenvalue weighted by Gasteiger charge is 2.12. The Balaban J connectivity index is 3.30. The summed E-state index contributed by atoms with van der Waals surface area (Å²) in [4.78, 5) is 0.264. The second kappa shape index (κ2) is 3.47. The van der Waals surface area contributed by atoms with Crippen molar-refractivity contribution in [2.45, 2.75) is 11.8 Å². The van der Waals surface area contributed by atoms with Crippen LogP contribution in [0.5, 0.6) is 0 Å². The van der Waals surface area contributed by atoms with Gasteiger partial charge in [0.15, 0.2) is 0 Å². The molecule has 1 N–H and O–H groups in total. The molecule has 0 bridgehead atoms. The van der Waals surface area contributed by atoms with E-state index in [1.54, 1.807) is 25.1 Å². The number of thiol groups is 1. The number of hydrogen-bond donors (Lipinski definition) is 2. The van der Waals surface area contributed by atoms with Gasteiger partial charge in [0.1, 0.15) is 0 Å². The summed E-state index contributed by atoms with van der Waals surface area (Å²) in [6.45, 7) is 1.73. The van der Waals surface area contributed by atoms with Crippen LogP contribution < -0.4 is 4.13 Å². The van der Waals surface area contributed by atoms with Gasteiger partial charge < -0.3 is 0 Å². The molecule has 0 fully saturated rings. The van der Waals surface area contributed by atoms with Crippen LogP contribution >= 0.6 is 12.8 Å². The van der Waals surface area contributed by atoms with E-state index in [4.69, 9.17) is 0 Å². The summed E-state index contributed by atoms with van der Waals surface area (Å²) in [7, 11) is -3.41. The molecule has 3 nitrogen and oxygen atoms in total. The van der Waals surface area contributed by atoms with Crippen molar-refractivity contribution in [3.05, 3.63) is 29.8 Å². The SMILES string of the molecule is Cc1ccccc1S(=O)(=O)NS. The molecule has 0 radical (unpaired) electrons. The third-order valence-electron chi connectivity index (χ3n) is 1.50. The number of benzene rings is 1. The normalized spacial score (nSPS) is 11.5. The van der Waals surface area contributed by atoms with Gasteiger partial charge >= 0.3 is 0 Å². The van der Waals surface area contributed by atoms with E-state index in [1.165, 1.54) is 6.07 Å². The summed E-state index contributed by atoms with van der Waals surface area (Å²) in [6.07, 6.45) is 0. The van der Waals surface area contributed by atoms with Crippen molar-refractivity contribution in [1.82, 2.24) is 4.13 Å². The molecule has 0 aliphatic carbocycles. The zero-order valence-electron chi connectivity index (χ0n) is 6.48. The summed E-state index contributed by atoms with van der Waals surface area (Å²) >= 11 is 3.52. The van der Waals surface area contributed by atoms with E-state index in [9.17, 15) is 8.42 Å². The van der Waals surface area contributed by atoms with Crippen LogP contribution in [-0.2, 0) is 10.0 Å². The largest absolute Gasteiger partial charge is 0.249 e. The number of hydrogen-bond acceptors (Lipinski definition) is 3. The average Bonchev–Trinajstić information content (AvgIpc) is 2.05. The van der Waals surface area contributed by atoms with Crippen molar-refractivity contribution >= 4 is 22.8 Å². The third kappa shape index (κ3) is 1.80. The second-order valence-electron chi connectivity index (χ2n) is 2.36. The molecular formula is C7H9NO2S2. The minimum absolute atomic E-state index is 0.264. The van der Waals surface area contributed by atoms with E-state index in [0.717, 1.165) is 0 Å². The lowest BCUT2D eigenvalue weighted by molar-refractivity contribution is 0.594. The smallest absolute Gasteiger partial charge is 0.206 e. The lowest BCUT2D eigenvalue weighted by atomic mass is 10.2. The molecule has 12 heavy (non-hydrogen) atoms.